The Bertz CT molecular complexity index is 862. The van der Waals surface area contributed by atoms with Crippen LogP contribution in [0.1, 0.15) is 39.8 Å². The molecule has 3 heterocycles. The van der Waals surface area contributed by atoms with Gasteiger partial charge in [0.05, 0.1) is 6.04 Å². The Kier molecular flexibility index (Phi) is 4.59. The number of rotatable bonds is 5. The molecule has 4 rings (SSSR count). The number of aromatic nitrogens is 1. The number of benzene rings is 1. The molecule has 1 aliphatic rings. The number of hydrogen-bond acceptors (Lipinski definition) is 3. The molecule has 0 saturated carbocycles. The van der Waals surface area contributed by atoms with Crippen LogP contribution in [0.5, 0.6) is 0 Å². The van der Waals surface area contributed by atoms with E-state index in [0.717, 1.165) is 24.0 Å². The normalized spacial score (nSPS) is 16.4. The number of carbonyl (C=O) groups is 1. The van der Waals surface area contributed by atoms with Crippen molar-refractivity contribution in [1.29, 1.82) is 0 Å². The average Bonchev–Trinajstić information content (AvgIpc) is 3.36. The minimum Gasteiger partial charge on any atom is -0.351 e. The Hall–Kier alpha value is -2.11. The van der Waals surface area contributed by atoms with Crippen molar-refractivity contribution < 1.29 is 4.79 Å². The van der Waals surface area contributed by atoms with Crippen molar-refractivity contribution in [3.05, 3.63) is 57.9 Å². The zero-order chi connectivity index (χ0) is 17.2. The van der Waals surface area contributed by atoms with Gasteiger partial charge < -0.3 is 10.3 Å². The summed E-state index contributed by atoms with van der Waals surface area (Å²) in [6, 6.07) is 12.7. The molecule has 0 aliphatic carbocycles. The number of nitrogens with one attached hydrogen (secondary N) is 2. The van der Waals surface area contributed by atoms with Crippen LogP contribution in [0.4, 0.5) is 0 Å². The second kappa shape index (κ2) is 7.02. The minimum absolute atomic E-state index is 0.0328. The van der Waals surface area contributed by atoms with Crippen LogP contribution in [0.15, 0.2) is 41.8 Å². The standard InChI is InChI=1S/C20H23N3OS/c1-14-6-7-16-15(11-14)12-17(22-16)20(24)21-13-18(19-5-4-10-25-19)23-8-2-3-9-23/h4-7,10-12,18,22H,2-3,8-9,13H2,1H3,(H,21,24). The predicted octanol–water partition coefficient (Wildman–Crippen LogP) is 4.10. The van der Waals surface area contributed by atoms with Crippen LogP contribution in [0.25, 0.3) is 10.9 Å². The van der Waals surface area contributed by atoms with Gasteiger partial charge in [-0.3, -0.25) is 9.69 Å². The number of aromatic amines is 1. The average molecular weight is 353 g/mol. The molecule has 0 spiro atoms. The molecule has 1 unspecified atom stereocenters. The molecule has 3 aromatic rings. The van der Waals surface area contributed by atoms with E-state index in [9.17, 15) is 4.79 Å². The van der Waals surface area contributed by atoms with Gasteiger partial charge in [0.15, 0.2) is 0 Å². The molecule has 1 aliphatic heterocycles. The third-order valence-corrected chi connectivity index (χ3v) is 5.90. The van der Waals surface area contributed by atoms with Crippen LogP contribution in [0.3, 0.4) is 0 Å². The maximum Gasteiger partial charge on any atom is 0.267 e. The summed E-state index contributed by atoms with van der Waals surface area (Å²) in [4.78, 5) is 19.7. The molecular weight excluding hydrogens is 330 g/mol. The SMILES string of the molecule is Cc1ccc2[nH]c(C(=O)NCC(c3cccs3)N3CCCC3)cc2c1. The third-order valence-electron chi connectivity index (χ3n) is 4.93. The van der Waals surface area contributed by atoms with Crippen molar-refractivity contribution in [3.8, 4) is 0 Å². The summed E-state index contributed by atoms with van der Waals surface area (Å²) < 4.78 is 0. The van der Waals surface area contributed by atoms with E-state index in [0.29, 0.717) is 12.2 Å². The van der Waals surface area contributed by atoms with E-state index in [1.165, 1.54) is 23.3 Å². The molecule has 0 radical (unpaired) electrons. The number of carbonyl (C=O) groups excluding carboxylic acids is 1. The van der Waals surface area contributed by atoms with E-state index in [1.807, 2.05) is 12.1 Å². The molecule has 1 atom stereocenters. The van der Waals surface area contributed by atoms with Crippen molar-refractivity contribution in [2.75, 3.05) is 19.6 Å². The predicted molar refractivity (Wildman–Crippen MR) is 103 cm³/mol. The minimum atomic E-state index is -0.0328. The van der Waals surface area contributed by atoms with Gasteiger partial charge in [0, 0.05) is 22.3 Å². The van der Waals surface area contributed by atoms with Crippen LogP contribution in [0, 0.1) is 6.92 Å². The molecule has 0 bridgehead atoms. The number of likely N-dealkylation sites (tertiary alicyclic amines) is 1. The van der Waals surface area contributed by atoms with Crippen LogP contribution >= 0.6 is 11.3 Å². The third kappa shape index (κ3) is 3.48. The molecule has 130 valence electrons. The largest absolute Gasteiger partial charge is 0.351 e. The van der Waals surface area contributed by atoms with E-state index in [4.69, 9.17) is 0 Å². The summed E-state index contributed by atoms with van der Waals surface area (Å²) in [5.41, 5.74) is 2.84. The molecule has 25 heavy (non-hydrogen) atoms. The monoisotopic (exact) mass is 353 g/mol. The molecule has 1 amide bonds. The highest BCUT2D eigenvalue weighted by Gasteiger charge is 2.25. The number of nitrogens with zero attached hydrogens (tertiary/aromatic N) is 1. The first-order valence-electron chi connectivity index (χ1n) is 8.86. The number of thiophene rings is 1. The highest BCUT2D eigenvalue weighted by molar-refractivity contribution is 7.10. The van der Waals surface area contributed by atoms with Crippen molar-refractivity contribution in [1.82, 2.24) is 15.2 Å². The second-order valence-electron chi connectivity index (χ2n) is 6.76. The Morgan fingerprint density at radius 3 is 2.88 bits per heavy atom. The fraction of sp³-hybridized carbons (Fsp3) is 0.350. The molecule has 1 fully saturated rings. The Morgan fingerprint density at radius 1 is 1.28 bits per heavy atom. The van der Waals surface area contributed by atoms with Crippen molar-refractivity contribution in [2.45, 2.75) is 25.8 Å². The quantitative estimate of drug-likeness (QED) is 0.725. The number of fused-ring (bicyclic) bond motifs is 1. The van der Waals surface area contributed by atoms with Gasteiger partial charge in [0.2, 0.25) is 0 Å². The lowest BCUT2D eigenvalue weighted by Gasteiger charge is -2.26. The first-order valence-corrected chi connectivity index (χ1v) is 9.74. The molecule has 1 aromatic carbocycles. The van der Waals surface area contributed by atoms with Crippen molar-refractivity contribution in [3.63, 3.8) is 0 Å². The van der Waals surface area contributed by atoms with Crippen molar-refractivity contribution >= 4 is 28.1 Å². The van der Waals surface area contributed by atoms with Gasteiger partial charge in [0.1, 0.15) is 5.69 Å². The highest BCUT2D eigenvalue weighted by atomic mass is 32.1. The van der Waals surface area contributed by atoms with E-state index in [-0.39, 0.29) is 11.9 Å². The van der Waals surface area contributed by atoms with E-state index < -0.39 is 0 Å². The first kappa shape index (κ1) is 16.4. The number of aryl methyl sites for hydroxylation is 1. The maximum atomic E-state index is 12.6. The number of H-pyrrole nitrogens is 1. The molecular formula is C20H23N3OS. The zero-order valence-corrected chi connectivity index (χ0v) is 15.2. The maximum absolute atomic E-state index is 12.6. The second-order valence-corrected chi connectivity index (χ2v) is 7.74. The number of amides is 1. The van der Waals surface area contributed by atoms with Gasteiger partial charge in [-0.15, -0.1) is 11.3 Å². The summed E-state index contributed by atoms with van der Waals surface area (Å²) in [5.74, 6) is -0.0328. The van der Waals surface area contributed by atoms with Crippen LogP contribution < -0.4 is 5.32 Å². The Labute approximate surface area is 151 Å². The Balaban J connectivity index is 1.48. The lowest BCUT2D eigenvalue weighted by molar-refractivity contribution is 0.0934. The summed E-state index contributed by atoms with van der Waals surface area (Å²) in [6.45, 7) is 4.94. The molecule has 2 aromatic heterocycles. The lowest BCUT2D eigenvalue weighted by Crippen LogP contribution is -2.36. The fourth-order valence-electron chi connectivity index (χ4n) is 3.60. The lowest BCUT2D eigenvalue weighted by atomic mass is 10.2. The van der Waals surface area contributed by atoms with Crippen molar-refractivity contribution in [2.24, 2.45) is 0 Å². The molecule has 2 N–H and O–H groups in total. The van der Waals surface area contributed by atoms with Gasteiger partial charge in [0.25, 0.3) is 5.91 Å². The summed E-state index contributed by atoms with van der Waals surface area (Å²) in [6.07, 6.45) is 2.49. The molecule has 1 saturated heterocycles. The molecule has 5 heteroatoms. The van der Waals surface area contributed by atoms with Gasteiger partial charge in [-0.05, 0) is 62.5 Å². The van der Waals surface area contributed by atoms with Crippen LogP contribution in [-0.2, 0) is 0 Å². The van der Waals surface area contributed by atoms with Gasteiger partial charge in [-0.1, -0.05) is 17.7 Å². The fourth-order valence-corrected chi connectivity index (χ4v) is 4.46. The highest BCUT2D eigenvalue weighted by Crippen LogP contribution is 2.28. The topological polar surface area (TPSA) is 48.1 Å². The van der Waals surface area contributed by atoms with Gasteiger partial charge in [-0.2, -0.15) is 0 Å². The summed E-state index contributed by atoms with van der Waals surface area (Å²) >= 11 is 1.77. The van der Waals surface area contributed by atoms with E-state index in [1.54, 1.807) is 11.3 Å². The van der Waals surface area contributed by atoms with Crippen LogP contribution in [0.2, 0.25) is 0 Å². The smallest absolute Gasteiger partial charge is 0.267 e. The van der Waals surface area contributed by atoms with E-state index in [2.05, 4.69) is 51.8 Å². The van der Waals surface area contributed by atoms with Crippen LogP contribution in [-0.4, -0.2) is 35.4 Å². The number of hydrogen-bond donors (Lipinski definition) is 2. The first-order chi connectivity index (χ1) is 12.2. The zero-order valence-electron chi connectivity index (χ0n) is 14.4. The van der Waals surface area contributed by atoms with Gasteiger partial charge in [-0.25, -0.2) is 0 Å². The van der Waals surface area contributed by atoms with Gasteiger partial charge >= 0.3 is 0 Å². The summed E-state index contributed by atoms with van der Waals surface area (Å²) in [7, 11) is 0. The Morgan fingerprint density at radius 2 is 2.12 bits per heavy atom. The van der Waals surface area contributed by atoms with E-state index >= 15 is 0 Å². The summed E-state index contributed by atoms with van der Waals surface area (Å²) in [5, 5.41) is 6.33. The molecule has 4 nitrogen and oxygen atoms in total.